The standard InChI is InChI=1S/C10H10N2O3/c1-6(13)8-4-7-2-3-11-9(7)5-10(8)12(14)15/h4-5,11H,2-3H2,1H3. The van der Waals surface area contributed by atoms with Crippen LogP contribution in [0.1, 0.15) is 22.8 Å². The summed E-state index contributed by atoms with van der Waals surface area (Å²) < 4.78 is 0. The minimum atomic E-state index is -0.517. The number of nitrogens with one attached hydrogen (secondary N) is 1. The van der Waals surface area contributed by atoms with Crippen LogP contribution in [0.15, 0.2) is 12.1 Å². The van der Waals surface area contributed by atoms with Gasteiger partial charge in [-0.25, -0.2) is 0 Å². The Morgan fingerprint density at radius 2 is 2.27 bits per heavy atom. The Balaban J connectivity index is 2.62. The van der Waals surface area contributed by atoms with Gasteiger partial charge in [0.05, 0.1) is 10.5 Å². The van der Waals surface area contributed by atoms with Crippen LogP contribution in [0.25, 0.3) is 0 Å². The van der Waals surface area contributed by atoms with Gasteiger partial charge in [0.15, 0.2) is 5.78 Å². The highest BCUT2D eigenvalue weighted by Crippen LogP contribution is 2.30. The molecule has 0 saturated carbocycles. The van der Waals surface area contributed by atoms with Crippen LogP contribution >= 0.6 is 0 Å². The highest BCUT2D eigenvalue weighted by molar-refractivity contribution is 5.99. The van der Waals surface area contributed by atoms with Crippen LogP contribution in [0, 0.1) is 10.1 Å². The Hall–Kier alpha value is -1.91. The summed E-state index contributed by atoms with van der Waals surface area (Å²) >= 11 is 0. The quantitative estimate of drug-likeness (QED) is 0.454. The lowest BCUT2D eigenvalue weighted by molar-refractivity contribution is -0.385. The molecule has 1 aliphatic rings. The van der Waals surface area contributed by atoms with E-state index in [1.165, 1.54) is 13.0 Å². The summed E-state index contributed by atoms with van der Waals surface area (Å²) in [6.07, 6.45) is 0.813. The third-order valence-electron chi connectivity index (χ3n) is 2.51. The number of carbonyl (C=O) groups is 1. The van der Waals surface area contributed by atoms with Gasteiger partial charge in [-0.15, -0.1) is 0 Å². The van der Waals surface area contributed by atoms with Gasteiger partial charge in [-0.2, -0.15) is 0 Å². The molecule has 5 heteroatoms. The second-order valence-corrected chi connectivity index (χ2v) is 3.52. The average molecular weight is 206 g/mol. The fourth-order valence-electron chi connectivity index (χ4n) is 1.77. The van der Waals surface area contributed by atoms with E-state index in [4.69, 9.17) is 0 Å². The van der Waals surface area contributed by atoms with Crippen LogP contribution in [-0.2, 0) is 6.42 Å². The fraction of sp³-hybridized carbons (Fsp3) is 0.300. The summed E-state index contributed by atoms with van der Waals surface area (Å²) in [4.78, 5) is 21.5. The Labute approximate surface area is 86.2 Å². The van der Waals surface area contributed by atoms with E-state index >= 15 is 0 Å². The second-order valence-electron chi connectivity index (χ2n) is 3.52. The number of anilines is 1. The van der Waals surface area contributed by atoms with Crippen molar-refractivity contribution in [1.29, 1.82) is 0 Å². The van der Waals surface area contributed by atoms with Crippen molar-refractivity contribution < 1.29 is 9.72 Å². The molecule has 1 aromatic carbocycles. The number of hydrogen-bond donors (Lipinski definition) is 1. The Kier molecular flexibility index (Phi) is 2.15. The molecule has 0 unspecified atom stereocenters. The molecule has 0 amide bonds. The van der Waals surface area contributed by atoms with E-state index in [9.17, 15) is 14.9 Å². The van der Waals surface area contributed by atoms with Gasteiger partial charge in [0.25, 0.3) is 5.69 Å². The first-order chi connectivity index (χ1) is 7.09. The number of benzene rings is 1. The number of nitrogens with zero attached hydrogens (tertiary/aromatic N) is 1. The van der Waals surface area contributed by atoms with Gasteiger partial charge in [0.1, 0.15) is 0 Å². The van der Waals surface area contributed by atoms with Gasteiger partial charge in [0.2, 0.25) is 0 Å². The maximum absolute atomic E-state index is 11.2. The molecular formula is C10H10N2O3. The highest BCUT2D eigenvalue weighted by Gasteiger charge is 2.22. The van der Waals surface area contributed by atoms with Gasteiger partial charge < -0.3 is 5.32 Å². The number of carbonyl (C=O) groups excluding carboxylic acids is 1. The maximum Gasteiger partial charge on any atom is 0.282 e. The molecule has 0 spiro atoms. The number of rotatable bonds is 2. The zero-order valence-corrected chi connectivity index (χ0v) is 8.24. The number of nitro benzene ring substituents is 1. The van der Waals surface area contributed by atoms with Crippen LogP contribution in [-0.4, -0.2) is 17.3 Å². The molecule has 0 bridgehead atoms. The van der Waals surface area contributed by atoms with Crippen LogP contribution in [0.4, 0.5) is 11.4 Å². The molecule has 1 aromatic rings. The van der Waals surface area contributed by atoms with Crippen molar-refractivity contribution in [2.24, 2.45) is 0 Å². The third-order valence-corrected chi connectivity index (χ3v) is 2.51. The van der Waals surface area contributed by atoms with E-state index in [2.05, 4.69) is 5.32 Å². The first-order valence-electron chi connectivity index (χ1n) is 4.65. The van der Waals surface area contributed by atoms with Crippen molar-refractivity contribution in [3.8, 4) is 0 Å². The monoisotopic (exact) mass is 206 g/mol. The topological polar surface area (TPSA) is 72.2 Å². The van der Waals surface area contributed by atoms with Crippen molar-refractivity contribution in [2.75, 3.05) is 11.9 Å². The summed E-state index contributed by atoms with van der Waals surface area (Å²) in [5.41, 5.74) is 1.83. The lowest BCUT2D eigenvalue weighted by Crippen LogP contribution is -2.01. The first kappa shape index (κ1) is 9.64. The number of hydrogen-bond acceptors (Lipinski definition) is 4. The van der Waals surface area contributed by atoms with E-state index in [1.54, 1.807) is 6.07 Å². The summed E-state index contributed by atoms with van der Waals surface area (Å²) in [6.45, 7) is 2.12. The van der Waals surface area contributed by atoms with Crippen molar-refractivity contribution in [2.45, 2.75) is 13.3 Å². The molecule has 0 radical (unpaired) electrons. The molecule has 0 saturated heterocycles. The zero-order valence-electron chi connectivity index (χ0n) is 8.24. The van der Waals surface area contributed by atoms with Crippen molar-refractivity contribution >= 4 is 17.2 Å². The lowest BCUT2D eigenvalue weighted by atomic mass is 10.0. The van der Waals surface area contributed by atoms with Crippen LogP contribution in [0.5, 0.6) is 0 Å². The summed E-state index contributed by atoms with van der Waals surface area (Å²) in [6, 6.07) is 3.06. The van der Waals surface area contributed by atoms with E-state index < -0.39 is 4.92 Å². The predicted octanol–water partition coefficient (Wildman–Crippen LogP) is 1.77. The molecule has 1 aliphatic heterocycles. The third kappa shape index (κ3) is 1.56. The van der Waals surface area contributed by atoms with Crippen LogP contribution < -0.4 is 5.32 Å². The molecule has 5 nitrogen and oxygen atoms in total. The van der Waals surface area contributed by atoms with Gasteiger partial charge >= 0.3 is 0 Å². The SMILES string of the molecule is CC(=O)c1cc2c(cc1[N+](=O)[O-])NCC2. The summed E-state index contributed by atoms with van der Waals surface area (Å²) in [5.74, 6) is -0.267. The van der Waals surface area contributed by atoms with Gasteiger partial charge in [-0.3, -0.25) is 14.9 Å². The Morgan fingerprint density at radius 1 is 1.53 bits per heavy atom. The minimum absolute atomic E-state index is 0.115. The molecule has 1 N–H and O–H groups in total. The Bertz CT molecular complexity index is 413. The maximum atomic E-state index is 11.2. The van der Waals surface area contributed by atoms with Gasteiger partial charge in [-0.05, 0) is 25.0 Å². The lowest BCUT2D eigenvalue weighted by Gasteiger charge is -2.03. The van der Waals surface area contributed by atoms with E-state index in [0.29, 0.717) is 0 Å². The summed E-state index contributed by atoms with van der Waals surface area (Å²) in [7, 11) is 0. The van der Waals surface area contributed by atoms with Crippen molar-refractivity contribution in [3.63, 3.8) is 0 Å². The Morgan fingerprint density at radius 3 is 2.87 bits per heavy atom. The summed E-state index contributed by atoms with van der Waals surface area (Å²) in [5, 5.41) is 13.8. The highest BCUT2D eigenvalue weighted by atomic mass is 16.6. The van der Waals surface area contributed by atoms with E-state index in [0.717, 1.165) is 24.2 Å². The molecule has 78 valence electrons. The van der Waals surface area contributed by atoms with Crippen LogP contribution in [0.3, 0.4) is 0 Å². The van der Waals surface area contributed by atoms with Crippen molar-refractivity contribution in [3.05, 3.63) is 33.4 Å². The number of ketones is 1. The van der Waals surface area contributed by atoms with Crippen molar-refractivity contribution in [1.82, 2.24) is 0 Å². The van der Waals surface area contributed by atoms with E-state index in [1.807, 2.05) is 0 Å². The predicted molar refractivity (Wildman–Crippen MR) is 55.3 cm³/mol. The largest absolute Gasteiger partial charge is 0.384 e. The molecule has 1 heterocycles. The molecule has 0 aliphatic carbocycles. The average Bonchev–Trinajstić information content (AvgIpc) is 2.61. The number of nitro groups is 1. The van der Waals surface area contributed by atoms with Gasteiger partial charge in [0, 0.05) is 18.3 Å². The molecule has 0 fully saturated rings. The normalized spacial score (nSPS) is 13.1. The molecule has 2 rings (SSSR count). The van der Waals surface area contributed by atoms with Gasteiger partial charge in [-0.1, -0.05) is 0 Å². The smallest absolute Gasteiger partial charge is 0.282 e. The minimum Gasteiger partial charge on any atom is -0.384 e. The second kappa shape index (κ2) is 3.34. The fourth-order valence-corrected chi connectivity index (χ4v) is 1.77. The molecular weight excluding hydrogens is 196 g/mol. The van der Waals surface area contributed by atoms with E-state index in [-0.39, 0.29) is 17.0 Å². The molecule has 0 atom stereocenters. The zero-order chi connectivity index (χ0) is 11.0. The molecule has 0 aromatic heterocycles. The van der Waals surface area contributed by atoms with Crippen LogP contribution in [0.2, 0.25) is 0 Å². The number of fused-ring (bicyclic) bond motifs is 1. The first-order valence-corrected chi connectivity index (χ1v) is 4.65. The molecule has 15 heavy (non-hydrogen) atoms. The number of Topliss-reactive ketones (excluding diaryl/α,β-unsaturated/α-hetero) is 1.